The van der Waals surface area contributed by atoms with Gasteiger partial charge in [0.25, 0.3) is 0 Å². The molecule has 0 saturated carbocycles. The average Bonchev–Trinajstić information content (AvgIpc) is 1.86. The Kier molecular flexibility index (Phi) is 0.825. The van der Waals surface area contributed by atoms with E-state index in [4.69, 9.17) is 4.74 Å². The van der Waals surface area contributed by atoms with E-state index < -0.39 is 0 Å². The molecule has 1 nitrogen and oxygen atoms in total. The molecule has 0 atom stereocenters. The topological polar surface area (TPSA) is 9.23 Å². The molecule has 0 aromatic heterocycles. The SMILES string of the molecule is CC1=CCCO1. The Bertz CT molecular complexity index is 74.0. The fourth-order valence-electron chi connectivity index (χ4n) is 0.541. The van der Waals surface area contributed by atoms with Gasteiger partial charge in [0.2, 0.25) is 0 Å². The summed E-state index contributed by atoms with van der Waals surface area (Å²) in [6, 6.07) is 0. The summed E-state index contributed by atoms with van der Waals surface area (Å²) in [5.74, 6) is 1.08. The van der Waals surface area contributed by atoms with Gasteiger partial charge in [-0.2, -0.15) is 0 Å². The van der Waals surface area contributed by atoms with E-state index in [1.807, 2.05) is 6.92 Å². The van der Waals surface area contributed by atoms with Gasteiger partial charge in [-0.1, -0.05) is 0 Å². The van der Waals surface area contributed by atoms with Crippen molar-refractivity contribution in [2.45, 2.75) is 13.3 Å². The highest BCUT2D eigenvalue weighted by molar-refractivity contribution is 4.92. The summed E-state index contributed by atoms with van der Waals surface area (Å²) in [6.07, 6.45) is 3.20. The zero-order valence-corrected chi connectivity index (χ0v) is 3.90. The van der Waals surface area contributed by atoms with Crippen LogP contribution in [0.5, 0.6) is 0 Å². The zero-order chi connectivity index (χ0) is 4.41. The Morgan fingerprint density at radius 2 is 2.67 bits per heavy atom. The van der Waals surface area contributed by atoms with Crippen molar-refractivity contribution in [3.05, 3.63) is 11.8 Å². The van der Waals surface area contributed by atoms with Crippen LogP contribution in [0.25, 0.3) is 0 Å². The Morgan fingerprint density at radius 1 is 1.83 bits per heavy atom. The van der Waals surface area contributed by atoms with Gasteiger partial charge < -0.3 is 4.74 Å². The van der Waals surface area contributed by atoms with E-state index in [9.17, 15) is 0 Å². The molecule has 34 valence electrons. The van der Waals surface area contributed by atoms with Crippen molar-refractivity contribution in [1.29, 1.82) is 0 Å². The van der Waals surface area contributed by atoms with Crippen LogP contribution < -0.4 is 0 Å². The van der Waals surface area contributed by atoms with Gasteiger partial charge in [0.05, 0.1) is 12.4 Å². The molecule has 0 unspecified atom stereocenters. The van der Waals surface area contributed by atoms with Crippen LogP contribution in [0, 0.1) is 0 Å². The largest absolute Gasteiger partial charge is 0.498 e. The number of rotatable bonds is 0. The summed E-state index contributed by atoms with van der Waals surface area (Å²) < 4.78 is 5.01. The summed E-state index contributed by atoms with van der Waals surface area (Å²) in [4.78, 5) is 0. The van der Waals surface area contributed by atoms with Crippen molar-refractivity contribution < 1.29 is 4.74 Å². The molecule has 0 fully saturated rings. The molecule has 0 bridgehead atoms. The average molecular weight is 84.1 g/mol. The van der Waals surface area contributed by atoms with Gasteiger partial charge in [0.1, 0.15) is 0 Å². The number of hydrogen-bond acceptors (Lipinski definition) is 1. The highest BCUT2D eigenvalue weighted by Gasteiger charge is 1.94. The second-order valence-electron chi connectivity index (χ2n) is 1.45. The van der Waals surface area contributed by atoms with E-state index in [1.165, 1.54) is 0 Å². The minimum atomic E-state index is 0.895. The summed E-state index contributed by atoms with van der Waals surface area (Å²) in [5, 5.41) is 0. The van der Waals surface area contributed by atoms with Crippen molar-refractivity contribution in [2.75, 3.05) is 6.61 Å². The van der Waals surface area contributed by atoms with Crippen molar-refractivity contribution in [1.82, 2.24) is 0 Å². The number of allylic oxidation sites excluding steroid dienone is 1. The third kappa shape index (κ3) is 0.534. The molecule has 0 saturated heterocycles. The van der Waals surface area contributed by atoms with Crippen LogP contribution in [-0.2, 0) is 4.74 Å². The maximum atomic E-state index is 5.01. The molecule has 0 amide bonds. The molecule has 0 aliphatic carbocycles. The van der Waals surface area contributed by atoms with Crippen molar-refractivity contribution >= 4 is 0 Å². The second-order valence-corrected chi connectivity index (χ2v) is 1.45. The van der Waals surface area contributed by atoms with Crippen LogP contribution in [0.15, 0.2) is 11.8 Å². The lowest BCUT2D eigenvalue weighted by Gasteiger charge is -1.89. The van der Waals surface area contributed by atoms with Gasteiger partial charge >= 0.3 is 0 Å². The van der Waals surface area contributed by atoms with Gasteiger partial charge in [-0.3, -0.25) is 0 Å². The molecule has 0 aromatic carbocycles. The van der Waals surface area contributed by atoms with Gasteiger partial charge in [-0.05, 0) is 13.0 Å². The smallest absolute Gasteiger partial charge is 0.0912 e. The maximum absolute atomic E-state index is 5.01. The number of ether oxygens (including phenoxy) is 1. The Hall–Kier alpha value is -0.460. The number of hydrogen-bond donors (Lipinski definition) is 0. The second kappa shape index (κ2) is 1.33. The van der Waals surface area contributed by atoms with Crippen LogP contribution in [-0.4, -0.2) is 6.61 Å². The van der Waals surface area contributed by atoms with Gasteiger partial charge in [-0.15, -0.1) is 0 Å². The third-order valence-corrected chi connectivity index (χ3v) is 0.879. The maximum Gasteiger partial charge on any atom is 0.0912 e. The monoisotopic (exact) mass is 84.1 g/mol. The first-order chi connectivity index (χ1) is 2.89. The van der Waals surface area contributed by atoms with E-state index in [-0.39, 0.29) is 0 Å². The highest BCUT2D eigenvalue weighted by Crippen LogP contribution is 2.05. The van der Waals surface area contributed by atoms with Gasteiger partial charge in [0.15, 0.2) is 0 Å². The third-order valence-electron chi connectivity index (χ3n) is 0.879. The fraction of sp³-hybridized carbons (Fsp3) is 0.600. The molecule has 1 heteroatoms. The van der Waals surface area contributed by atoms with E-state index in [2.05, 4.69) is 6.08 Å². The summed E-state index contributed by atoms with van der Waals surface area (Å²) >= 11 is 0. The molecule has 0 radical (unpaired) electrons. The molecule has 6 heavy (non-hydrogen) atoms. The van der Waals surface area contributed by atoms with Crippen LogP contribution in [0.1, 0.15) is 13.3 Å². The van der Waals surface area contributed by atoms with E-state index in [0.717, 1.165) is 18.8 Å². The lowest BCUT2D eigenvalue weighted by atomic mass is 10.4. The summed E-state index contributed by atoms with van der Waals surface area (Å²) in [7, 11) is 0. The lowest BCUT2D eigenvalue weighted by molar-refractivity contribution is 0.247. The predicted octanol–water partition coefficient (Wildman–Crippen LogP) is 1.31. The van der Waals surface area contributed by atoms with E-state index in [1.54, 1.807) is 0 Å². The quantitative estimate of drug-likeness (QED) is 0.430. The zero-order valence-electron chi connectivity index (χ0n) is 3.90. The fourth-order valence-corrected chi connectivity index (χ4v) is 0.541. The molecule has 0 aromatic rings. The minimum Gasteiger partial charge on any atom is -0.498 e. The Balaban J connectivity index is 2.45. The highest BCUT2D eigenvalue weighted by atomic mass is 16.5. The van der Waals surface area contributed by atoms with Crippen LogP contribution in [0.2, 0.25) is 0 Å². The normalized spacial score (nSPS) is 19.8. The lowest BCUT2D eigenvalue weighted by Crippen LogP contribution is -1.76. The van der Waals surface area contributed by atoms with Crippen LogP contribution >= 0.6 is 0 Å². The molecule has 1 rings (SSSR count). The van der Waals surface area contributed by atoms with Crippen molar-refractivity contribution in [3.8, 4) is 0 Å². The molecule has 0 spiro atoms. The Labute approximate surface area is 37.6 Å². The molecule has 1 heterocycles. The summed E-state index contributed by atoms with van der Waals surface area (Å²) in [6.45, 7) is 2.87. The standard InChI is InChI=1S/C5H8O/c1-5-3-2-4-6-5/h3H,2,4H2,1H3. The van der Waals surface area contributed by atoms with E-state index in [0.29, 0.717) is 0 Å². The molecule has 0 N–H and O–H groups in total. The Morgan fingerprint density at radius 3 is 2.83 bits per heavy atom. The molecule has 1 aliphatic rings. The van der Waals surface area contributed by atoms with Crippen molar-refractivity contribution in [2.24, 2.45) is 0 Å². The van der Waals surface area contributed by atoms with Gasteiger partial charge in [-0.25, -0.2) is 0 Å². The molecule has 1 aliphatic heterocycles. The predicted molar refractivity (Wildman–Crippen MR) is 24.3 cm³/mol. The van der Waals surface area contributed by atoms with Gasteiger partial charge in [0, 0.05) is 6.42 Å². The molecular weight excluding hydrogens is 76.1 g/mol. The van der Waals surface area contributed by atoms with Crippen LogP contribution in [0.4, 0.5) is 0 Å². The van der Waals surface area contributed by atoms with Crippen molar-refractivity contribution in [3.63, 3.8) is 0 Å². The molecular formula is C5H8O. The minimum absolute atomic E-state index is 0.895. The summed E-state index contributed by atoms with van der Waals surface area (Å²) in [5.41, 5.74) is 0. The van der Waals surface area contributed by atoms with E-state index >= 15 is 0 Å². The van der Waals surface area contributed by atoms with Crippen LogP contribution in [0.3, 0.4) is 0 Å². The first kappa shape index (κ1) is 3.72. The first-order valence-electron chi connectivity index (χ1n) is 2.19. The first-order valence-corrected chi connectivity index (χ1v) is 2.19.